The van der Waals surface area contributed by atoms with Gasteiger partial charge in [0.2, 0.25) is 5.91 Å². The third-order valence-electron chi connectivity index (χ3n) is 4.24. The first-order valence-electron chi connectivity index (χ1n) is 10.2. The Morgan fingerprint density at radius 2 is 1.52 bits per heavy atom. The first-order valence-corrected chi connectivity index (χ1v) is 10.2. The molecule has 0 radical (unpaired) electrons. The van der Waals surface area contributed by atoms with Gasteiger partial charge in [-0.2, -0.15) is 0 Å². The summed E-state index contributed by atoms with van der Waals surface area (Å²) in [4.78, 5) is 36.7. The summed E-state index contributed by atoms with van der Waals surface area (Å²) in [6, 6.07) is 18.5. The summed E-state index contributed by atoms with van der Waals surface area (Å²) in [5.74, 6) is -1.31. The van der Waals surface area contributed by atoms with Crippen LogP contribution in [0.1, 0.15) is 44.2 Å². The fourth-order valence-corrected chi connectivity index (χ4v) is 2.77. The van der Waals surface area contributed by atoms with E-state index >= 15 is 0 Å². The van der Waals surface area contributed by atoms with Crippen LogP contribution in [-0.2, 0) is 25.7 Å². The molecular formula is C24H30N2O5. The summed E-state index contributed by atoms with van der Waals surface area (Å²) in [5, 5.41) is 5.39. The highest BCUT2D eigenvalue weighted by Crippen LogP contribution is 2.15. The largest absolute Gasteiger partial charge is 0.461 e. The molecular weight excluding hydrogens is 396 g/mol. The average molecular weight is 427 g/mol. The number of hydrogen-bond donors (Lipinski definition) is 2. The van der Waals surface area contributed by atoms with Crippen molar-refractivity contribution in [2.45, 2.75) is 45.3 Å². The molecule has 2 N–H and O–H groups in total. The van der Waals surface area contributed by atoms with E-state index in [2.05, 4.69) is 10.6 Å². The van der Waals surface area contributed by atoms with E-state index in [-0.39, 0.29) is 32.0 Å². The molecule has 0 heterocycles. The number of carbonyl (C=O) groups excluding carboxylic acids is 3. The molecule has 0 aliphatic rings. The van der Waals surface area contributed by atoms with Crippen LogP contribution in [0.3, 0.4) is 0 Å². The molecule has 31 heavy (non-hydrogen) atoms. The number of hydrogen-bond acceptors (Lipinski definition) is 5. The monoisotopic (exact) mass is 426 g/mol. The minimum absolute atomic E-state index is 0.0551. The maximum absolute atomic E-state index is 12.7. The molecule has 166 valence electrons. The van der Waals surface area contributed by atoms with E-state index in [1.54, 1.807) is 20.8 Å². The molecule has 2 aromatic carbocycles. The van der Waals surface area contributed by atoms with Crippen molar-refractivity contribution in [2.24, 2.45) is 0 Å². The summed E-state index contributed by atoms with van der Waals surface area (Å²) >= 11 is 0. The van der Waals surface area contributed by atoms with Crippen LogP contribution in [0.4, 0.5) is 4.79 Å². The third kappa shape index (κ3) is 9.33. The number of amides is 2. The van der Waals surface area contributed by atoms with Crippen LogP contribution in [0.5, 0.6) is 0 Å². The van der Waals surface area contributed by atoms with Crippen molar-refractivity contribution in [3.8, 4) is 0 Å². The van der Waals surface area contributed by atoms with Crippen LogP contribution in [0.15, 0.2) is 60.7 Å². The van der Waals surface area contributed by atoms with Gasteiger partial charge in [0.15, 0.2) is 0 Å². The molecule has 0 aliphatic carbocycles. The summed E-state index contributed by atoms with van der Waals surface area (Å²) in [6.07, 6.45) is -0.537. The molecule has 1 atom stereocenters. The molecule has 2 aromatic rings. The van der Waals surface area contributed by atoms with E-state index in [9.17, 15) is 14.4 Å². The van der Waals surface area contributed by atoms with Gasteiger partial charge in [-0.15, -0.1) is 0 Å². The highest BCUT2D eigenvalue weighted by atomic mass is 16.6. The topological polar surface area (TPSA) is 93.7 Å². The smallest absolute Gasteiger partial charge is 0.407 e. The zero-order chi connectivity index (χ0) is 22.7. The number of carbonyl (C=O) groups is 3. The maximum atomic E-state index is 12.7. The molecule has 0 bridgehead atoms. The zero-order valence-electron chi connectivity index (χ0n) is 18.2. The predicted molar refractivity (Wildman–Crippen MR) is 117 cm³/mol. The van der Waals surface area contributed by atoms with Crippen molar-refractivity contribution >= 4 is 18.0 Å². The molecule has 0 spiro atoms. The Morgan fingerprint density at radius 3 is 2.13 bits per heavy atom. The summed E-state index contributed by atoms with van der Waals surface area (Å²) < 4.78 is 10.5. The Balaban J connectivity index is 1.84. The molecule has 0 fully saturated rings. The van der Waals surface area contributed by atoms with Gasteiger partial charge in [-0.25, -0.2) is 4.79 Å². The Labute approximate surface area is 183 Å². The third-order valence-corrected chi connectivity index (χ3v) is 4.24. The van der Waals surface area contributed by atoms with E-state index in [0.29, 0.717) is 0 Å². The first-order chi connectivity index (χ1) is 14.7. The van der Waals surface area contributed by atoms with Crippen molar-refractivity contribution in [3.63, 3.8) is 0 Å². The number of ether oxygens (including phenoxy) is 2. The second-order valence-electron chi connectivity index (χ2n) is 8.03. The zero-order valence-corrected chi connectivity index (χ0v) is 18.2. The van der Waals surface area contributed by atoms with E-state index in [4.69, 9.17) is 9.47 Å². The molecule has 0 saturated carbocycles. The second kappa shape index (κ2) is 11.7. The molecule has 2 rings (SSSR count). The van der Waals surface area contributed by atoms with Crippen LogP contribution in [0.25, 0.3) is 0 Å². The maximum Gasteiger partial charge on any atom is 0.407 e. The highest BCUT2D eigenvalue weighted by Gasteiger charge is 2.23. The minimum Gasteiger partial charge on any atom is -0.461 e. The van der Waals surface area contributed by atoms with Gasteiger partial charge in [0.05, 0.1) is 12.3 Å². The van der Waals surface area contributed by atoms with Gasteiger partial charge < -0.3 is 20.1 Å². The summed E-state index contributed by atoms with van der Waals surface area (Å²) in [7, 11) is 0. The second-order valence-corrected chi connectivity index (χ2v) is 8.03. The Hall–Kier alpha value is -3.35. The summed E-state index contributed by atoms with van der Waals surface area (Å²) in [5.41, 5.74) is 1.02. The number of rotatable bonds is 9. The predicted octanol–water partition coefficient (Wildman–Crippen LogP) is 3.54. The van der Waals surface area contributed by atoms with Crippen LogP contribution in [0, 0.1) is 0 Å². The van der Waals surface area contributed by atoms with Gasteiger partial charge in [0.25, 0.3) is 0 Å². The average Bonchev–Trinajstić information content (AvgIpc) is 2.72. The lowest BCUT2D eigenvalue weighted by Gasteiger charge is -2.22. The Kier molecular flexibility index (Phi) is 9.06. The quantitative estimate of drug-likeness (QED) is 0.598. The van der Waals surface area contributed by atoms with Crippen LogP contribution in [-0.4, -0.2) is 36.7 Å². The fraction of sp³-hybridized carbons (Fsp3) is 0.375. The normalized spacial score (nSPS) is 11.8. The Morgan fingerprint density at radius 1 is 0.903 bits per heavy atom. The number of nitrogens with one attached hydrogen (secondary N) is 2. The van der Waals surface area contributed by atoms with Gasteiger partial charge in [0.1, 0.15) is 12.2 Å². The van der Waals surface area contributed by atoms with E-state index in [0.717, 1.165) is 11.1 Å². The van der Waals surface area contributed by atoms with Crippen LogP contribution in [0.2, 0.25) is 0 Å². The Bertz CT molecular complexity index is 847. The highest BCUT2D eigenvalue weighted by molar-refractivity contribution is 5.85. The van der Waals surface area contributed by atoms with E-state index in [1.165, 1.54) is 0 Å². The molecule has 0 aliphatic heterocycles. The summed E-state index contributed by atoms with van der Waals surface area (Å²) in [6.45, 7) is 5.71. The number of esters is 1. The van der Waals surface area contributed by atoms with Crippen molar-refractivity contribution in [2.75, 3.05) is 13.1 Å². The van der Waals surface area contributed by atoms with E-state index < -0.39 is 23.6 Å². The van der Waals surface area contributed by atoms with Crippen molar-refractivity contribution in [1.29, 1.82) is 0 Å². The van der Waals surface area contributed by atoms with Crippen LogP contribution >= 0.6 is 0 Å². The van der Waals surface area contributed by atoms with Crippen molar-refractivity contribution < 1.29 is 23.9 Å². The molecule has 1 unspecified atom stereocenters. The number of alkyl carbamates (subject to hydrolysis) is 1. The van der Waals surface area contributed by atoms with Crippen molar-refractivity contribution in [1.82, 2.24) is 10.6 Å². The lowest BCUT2D eigenvalue weighted by atomic mass is 9.98. The van der Waals surface area contributed by atoms with Crippen molar-refractivity contribution in [3.05, 3.63) is 71.8 Å². The van der Waals surface area contributed by atoms with Gasteiger partial charge in [-0.05, 0) is 31.9 Å². The molecule has 0 saturated heterocycles. The van der Waals surface area contributed by atoms with Gasteiger partial charge in [-0.3, -0.25) is 9.59 Å². The lowest BCUT2D eigenvalue weighted by molar-refractivity contribution is -0.144. The molecule has 2 amide bonds. The number of benzene rings is 2. The molecule has 7 nitrogen and oxygen atoms in total. The SMILES string of the molecule is CC(C)(C)OC(=O)NCC(C(=O)NCCC(=O)OCc1ccccc1)c1ccccc1. The minimum atomic E-state index is -0.630. The fourth-order valence-electron chi connectivity index (χ4n) is 2.77. The first kappa shape index (κ1) is 23.9. The lowest BCUT2D eigenvalue weighted by Crippen LogP contribution is -2.40. The van der Waals surface area contributed by atoms with Gasteiger partial charge >= 0.3 is 12.1 Å². The van der Waals surface area contributed by atoms with Gasteiger partial charge in [0, 0.05) is 13.1 Å². The van der Waals surface area contributed by atoms with Crippen LogP contribution < -0.4 is 10.6 Å². The standard InChI is InChI=1S/C24H30N2O5/c1-24(2,3)31-23(29)26-16-20(19-12-8-5-9-13-19)22(28)25-15-14-21(27)30-17-18-10-6-4-7-11-18/h4-13,20H,14-17H2,1-3H3,(H,25,28)(H,26,29). The van der Waals surface area contributed by atoms with Gasteiger partial charge in [-0.1, -0.05) is 60.7 Å². The molecule has 0 aromatic heterocycles. The van der Waals surface area contributed by atoms with E-state index in [1.807, 2.05) is 60.7 Å². The molecule has 7 heteroatoms.